The minimum atomic E-state index is -0.313. The highest BCUT2D eigenvalue weighted by molar-refractivity contribution is 6.30. The van der Waals surface area contributed by atoms with Crippen LogP contribution in [0.15, 0.2) is 42.5 Å². The standard InChI is InChI=1S/C20H25ClN2O3/c1-5-26-18-10-9-15(11-19(18)25-4)13-23(3)14(2)20(24)22-17-8-6-7-16(21)12-17/h6-12,14H,5,13H2,1-4H3,(H,22,24)/t14-/m1/s1. The highest BCUT2D eigenvalue weighted by Gasteiger charge is 2.19. The van der Waals surface area contributed by atoms with Crippen LogP contribution in [0, 0.1) is 0 Å². The Morgan fingerprint density at radius 2 is 2.00 bits per heavy atom. The lowest BCUT2D eigenvalue weighted by atomic mass is 10.1. The molecule has 0 aliphatic rings. The van der Waals surface area contributed by atoms with E-state index < -0.39 is 0 Å². The van der Waals surface area contributed by atoms with Crippen LogP contribution in [-0.4, -0.2) is 37.6 Å². The van der Waals surface area contributed by atoms with Crippen molar-refractivity contribution in [2.24, 2.45) is 0 Å². The molecule has 140 valence electrons. The van der Waals surface area contributed by atoms with Crippen LogP contribution in [0.4, 0.5) is 5.69 Å². The van der Waals surface area contributed by atoms with Gasteiger partial charge >= 0.3 is 0 Å². The van der Waals surface area contributed by atoms with Gasteiger partial charge in [-0.25, -0.2) is 0 Å². The van der Waals surface area contributed by atoms with Gasteiger partial charge in [0.1, 0.15) is 0 Å². The number of likely N-dealkylation sites (N-methyl/N-ethyl adjacent to an activating group) is 1. The summed E-state index contributed by atoms with van der Waals surface area (Å²) in [6.07, 6.45) is 0. The number of ether oxygens (including phenoxy) is 2. The molecule has 0 unspecified atom stereocenters. The molecule has 2 rings (SSSR count). The molecular formula is C20H25ClN2O3. The first kappa shape index (κ1) is 20.1. The summed E-state index contributed by atoms with van der Waals surface area (Å²) < 4.78 is 10.9. The maximum atomic E-state index is 12.5. The number of hydrogen-bond donors (Lipinski definition) is 1. The highest BCUT2D eigenvalue weighted by atomic mass is 35.5. The predicted octanol–water partition coefficient (Wildman–Crippen LogP) is 4.21. The van der Waals surface area contributed by atoms with Gasteiger partial charge in [-0.05, 0) is 56.8 Å². The topological polar surface area (TPSA) is 50.8 Å². The lowest BCUT2D eigenvalue weighted by Gasteiger charge is -2.24. The van der Waals surface area contributed by atoms with E-state index in [4.69, 9.17) is 21.1 Å². The number of nitrogens with zero attached hydrogens (tertiary/aromatic N) is 1. The minimum Gasteiger partial charge on any atom is -0.493 e. The SMILES string of the molecule is CCOc1ccc(CN(C)[C@H](C)C(=O)Nc2cccc(Cl)c2)cc1OC. The number of carbonyl (C=O) groups excluding carboxylic acids is 1. The second kappa shape index (κ2) is 9.46. The van der Waals surface area contributed by atoms with Crippen molar-refractivity contribution in [3.05, 3.63) is 53.1 Å². The molecule has 0 spiro atoms. The number of methoxy groups -OCH3 is 1. The number of anilines is 1. The molecule has 0 saturated carbocycles. The van der Waals surface area contributed by atoms with Crippen LogP contribution in [0.2, 0.25) is 5.02 Å². The molecule has 26 heavy (non-hydrogen) atoms. The number of carbonyl (C=O) groups is 1. The van der Waals surface area contributed by atoms with E-state index in [0.717, 1.165) is 5.56 Å². The van der Waals surface area contributed by atoms with Crippen molar-refractivity contribution in [1.82, 2.24) is 4.90 Å². The molecule has 0 heterocycles. The van der Waals surface area contributed by atoms with E-state index >= 15 is 0 Å². The number of benzene rings is 2. The van der Waals surface area contributed by atoms with Crippen molar-refractivity contribution < 1.29 is 14.3 Å². The van der Waals surface area contributed by atoms with Crippen molar-refractivity contribution in [1.29, 1.82) is 0 Å². The molecule has 0 aromatic heterocycles. The summed E-state index contributed by atoms with van der Waals surface area (Å²) in [4.78, 5) is 14.4. The van der Waals surface area contributed by atoms with Crippen LogP contribution in [0.5, 0.6) is 11.5 Å². The molecule has 0 radical (unpaired) electrons. The lowest BCUT2D eigenvalue weighted by Crippen LogP contribution is -2.39. The Labute approximate surface area is 159 Å². The third kappa shape index (κ3) is 5.38. The van der Waals surface area contributed by atoms with E-state index in [9.17, 15) is 4.79 Å². The third-order valence-corrected chi connectivity index (χ3v) is 4.33. The molecule has 2 aromatic rings. The van der Waals surface area contributed by atoms with Gasteiger partial charge < -0.3 is 14.8 Å². The first-order valence-electron chi connectivity index (χ1n) is 8.51. The Hall–Kier alpha value is -2.24. The Bertz CT molecular complexity index is 752. The molecule has 6 heteroatoms. The second-order valence-electron chi connectivity index (χ2n) is 6.01. The van der Waals surface area contributed by atoms with Gasteiger partial charge in [0.15, 0.2) is 11.5 Å². The summed E-state index contributed by atoms with van der Waals surface area (Å²) >= 11 is 5.96. The third-order valence-electron chi connectivity index (χ3n) is 4.09. The minimum absolute atomic E-state index is 0.0901. The van der Waals surface area contributed by atoms with E-state index in [1.807, 2.05) is 50.1 Å². The van der Waals surface area contributed by atoms with Crippen LogP contribution in [-0.2, 0) is 11.3 Å². The molecule has 0 fully saturated rings. The lowest BCUT2D eigenvalue weighted by molar-refractivity contribution is -0.120. The van der Waals surface area contributed by atoms with Crippen LogP contribution in [0.1, 0.15) is 19.4 Å². The molecule has 0 bridgehead atoms. The van der Waals surface area contributed by atoms with Crippen molar-refractivity contribution in [3.8, 4) is 11.5 Å². The fraction of sp³-hybridized carbons (Fsp3) is 0.350. The summed E-state index contributed by atoms with van der Waals surface area (Å²) in [7, 11) is 3.53. The normalized spacial score (nSPS) is 11.9. The van der Waals surface area contributed by atoms with Crippen molar-refractivity contribution in [3.63, 3.8) is 0 Å². The summed E-state index contributed by atoms with van der Waals surface area (Å²) in [5.74, 6) is 1.31. The Morgan fingerprint density at radius 1 is 1.23 bits per heavy atom. The first-order valence-corrected chi connectivity index (χ1v) is 8.88. The summed E-state index contributed by atoms with van der Waals surface area (Å²) in [6, 6.07) is 12.6. The average Bonchev–Trinajstić information content (AvgIpc) is 2.62. The maximum absolute atomic E-state index is 12.5. The Balaban J connectivity index is 2.01. The van der Waals surface area contributed by atoms with E-state index in [1.54, 1.807) is 25.3 Å². The van der Waals surface area contributed by atoms with Gasteiger partial charge in [0.25, 0.3) is 0 Å². The zero-order valence-corrected chi connectivity index (χ0v) is 16.3. The van der Waals surface area contributed by atoms with E-state index in [2.05, 4.69) is 5.32 Å². The van der Waals surface area contributed by atoms with E-state index in [1.165, 1.54) is 0 Å². The van der Waals surface area contributed by atoms with Crippen molar-refractivity contribution in [2.75, 3.05) is 26.1 Å². The molecular weight excluding hydrogens is 352 g/mol. The zero-order chi connectivity index (χ0) is 19.1. The van der Waals surface area contributed by atoms with E-state index in [0.29, 0.717) is 35.4 Å². The fourth-order valence-corrected chi connectivity index (χ4v) is 2.71. The molecule has 1 amide bonds. The summed E-state index contributed by atoms with van der Waals surface area (Å²) in [6.45, 7) is 4.98. The molecule has 1 N–H and O–H groups in total. The molecule has 0 aliphatic heterocycles. The van der Waals surface area contributed by atoms with Gasteiger partial charge in [-0.3, -0.25) is 9.69 Å². The van der Waals surface area contributed by atoms with Gasteiger partial charge in [-0.15, -0.1) is 0 Å². The molecule has 5 nitrogen and oxygen atoms in total. The van der Waals surface area contributed by atoms with Crippen molar-refractivity contribution in [2.45, 2.75) is 26.4 Å². The Kier molecular flexibility index (Phi) is 7.30. The number of nitrogens with one attached hydrogen (secondary N) is 1. The predicted molar refractivity (Wildman–Crippen MR) is 105 cm³/mol. The van der Waals surface area contributed by atoms with E-state index in [-0.39, 0.29) is 11.9 Å². The fourth-order valence-electron chi connectivity index (χ4n) is 2.52. The molecule has 0 saturated heterocycles. The van der Waals surface area contributed by atoms with Gasteiger partial charge in [-0.1, -0.05) is 23.7 Å². The summed E-state index contributed by atoms with van der Waals surface area (Å²) in [5.41, 5.74) is 1.72. The smallest absolute Gasteiger partial charge is 0.241 e. The van der Waals surface area contributed by atoms with Gasteiger partial charge in [0.05, 0.1) is 19.8 Å². The number of hydrogen-bond acceptors (Lipinski definition) is 4. The van der Waals surface area contributed by atoms with Crippen LogP contribution < -0.4 is 14.8 Å². The van der Waals surface area contributed by atoms with Crippen molar-refractivity contribution >= 4 is 23.2 Å². The highest BCUT2D eigenvalue weighted by Crippen LogP contribution is 2.28. The molecule has 1 atom stereocenters. The first-order chi connectivity index (χ1) is 12.4. The average molecular weight is 377 g/mol. The monoisotopic (exact) mass is 376 g/mol. The summed E-state index contributed by atoms with van der Waals surface area (Å²) in [5, 5.41) is 3.48. The van der Waals surface area contributed by atoms with Gasteiger partial charge in [-0.2, -0.15) is 0 Å². The maximum Gasteiger partial charge on any atom is 0.241 e. The van der Waals surface area contributed by atoms with Gasteiger partial charge in [0.2, 0.25) is 5.91 Å². The second-order valence-corrected chi connectivity index (χ2v) is 6.45. The molecule has 0 aliphatic carbocycles. The zero-order valence-electron chi connectivity index (χ0n) is 15.6. The number of halogens is 1. The van der Waals surface area contributed by atoms with Crippen LogP contribution in [0.3, 0.4) is 0 Å². The van der Waals surface area contributed by atoms with Crippen LogP contribution >= 0.6 is 11.6 Å². The quantitative estimate of drug-likeness (QED) is 0.749. The van der Waals surface area contributed by atoms with Crippen LogP contribution in [0.25, 0.3) is 0 Å². The Morgan fingerprint density at radius 3 is 2.65 bits per heavy atom. The van der Waals surface area contributed by atoms with Gasteiger partial charge in [0, 0.05) is 17.3 Å². The number of rotatable bonds is 8. The largest absolute Gasteiger partial charge is 0.493 e. The number of amides is 1. The molecule has 2 aromatic carbocycles.